The molecule has 0 aromatic heterocycles. The van der Waals surface area contributed by atoms with E-state index in [1.165, 1.54) is 0 Å². The molecule has 1 aliphatic carbocycles. The van der Waals surface area contributed by atoms with Crippen molar-refractivity contribution < 1.29 is 13.2 Å². The van der Waals surface area contributed by atoms with Gasteiger partial charge in [-0.25, -0.2) is 13.2 Å². The molecule has 0 radical (unpaired) electrons. The smallest absolute Gasteiger partial charge is 0.315 e. The van der Waals surface area contributed by atoms with Gasteiger partial charge in [-0.1, -0.05) is 32.9 Å². The van der Waals surface area contributed by atoms with Crippen molar-refractivity contribution in [2.45, 2.75) is 50.0 Å². The summed E-state index contributed by atoms with van der Waals surface area (Å²) in [7, 11) is -3.37. The number of carbonyl (C=O) groups excluding carboxylic acids is 1. The summed E-state index contributed by atoms with van der Waals surface area (Å²) in [6, 6.07) is 6.95. The third-order valence-corrected chi connectivity index (χ3v) is 5.38. The molecule has 2 rings (SSSR count). The SMILES string of the molecule is CC(C)(C)c1ccc(S(=O)(=O)CCNC(=O)NC2CC2)cc1. The Morgan fingerprint density at radius 3 is 2.27 bits per heavy atom. The van der Waals surface area contributed by atoms with E-state index < -0.39 is 9.84 Å². The van der Waals surface area contributed by atoms with E-state index in [-0.39, 0.29) is 29.8 Å². The van der Waals surface area contributed by atoms with Crippen molar-refractivity contribution in [1.29, 1.82) is 0 Å². The molecule has 0 heterocycles. The quantitative estimate of drug-likeness (QED) is 0.872. The van der Waals surface area contributed by atoms with Crippen LogP contribution in [0.5, 0.6) is 0 Å². The summed E-state index contributed by atoms with van der Waals surface area (Å²) >= 11 is 0. The molecule has 1 aromatic carbocycles. The molecular weight excluding hydrogens is 300 g/mol. The first kappa shape index (κ1) is 16.8. The summed E-state index contributed by atoms with van der Waals surface area (Å²) in [6.07, 6.45) is 2.01. The molecule has 0 atom stereocenters. The van der Waals surface area contributed by atoms with E-state index in [0.717, 1.165) is 18.4 Å². The highest BCUT2D eigenvalue weighted by Gasteiger charge is 2.23. The Morgan fingerprint density at radius 1 is 1.18 bits per heavy atom. The van der Waals surface area contributed by atoms with E-state index in [9.17, 15) is 13.2 Å². The summed E-state index contributed by atoms with van der Waals surface area (Å²) in [6.45, 7) is 6.36. The Kier molecular flexibility index (Phi) is 4.80. The van der Waals surface area contributed by atoms with Crippen molar-refractivity contribution in [3.05, 3.63) is 29.8 Å². The number of hydrogen-bond donors (Lipinski definition) is 2. The lowest BCUT2D eigenvalue weighted by Gasteiger charge is -2.19. The molecule has 0 spiro atoms. The van der Waals surface area contributed by atoms with E-state index in [4.69, 9.17) is 0 Å². The van der Waals surface area contributed by atoms with Crippen LogP contribution in [0.2, 0.25) is 0 Å². The zero-order valence-electron chi connectivity index (χ0n) is 13.3. The average Bonchev–Trinajstić information content (AvgIpc) is 3.21. The molecule has 22 heavy (non-hydrogen) atoms. The van der Waals surface area contributed by atoms with Crippen LogP contribution < -0.4 is 10.6 Å². The van der Waals surface area contributed by atoms with Crippen LogP contribution in [-0.2, 0) is 15.3 Å². The van der Waals surface area contributed by atoms with Gasteiger partial charge in [0.15, 0.2) is 9.84 Å². The topological polar surface area (TPSA) is 75.3 Å². The van der Waals surface area contributed by atoms with Gasteiger partial charge in [0, 0.05) is 12.6 Å². The molecule has 5 nitrogen and oxygen atoms in total. The van der Waals surface area contributed by atoms with Crippen LogP contribution in [0, 0.1) is 0 Å². The van der Waals surface area contributed by atoms with Crippen molar-refractivity contribution in [3.8, 4) is 0 Å². The number of nitrogens with one attached hydrogen (secondary N) is 2. The number of sulfone groups is 1. The fraction of sp³-hybridized carbons (Fsp3) is 0.562. The van der Waals surface area contributed by atoms with Gasteiger partial charge in [0.05, 0.1) is 10.6 Å². The second-order valence-corrected chi connectivity index (χ2v) is 8.88. The molecule has 0 unspecified atom stereocenters. The maximum atomic E-state index is 12.2. The molecule has 1 aliphatic rings. The van der Waals surface area contributed by atoms with Crippen LogP contribution in [0.1, 0.15) is 39.2 Å². The highest BCUT2D eigenvalue weighted by Crippen LogP contribution is 2.23. The molecule has 0 saturated heterocycles. The van der Waals surface area contributed by atoms with Gasteiger partial charge in [0.1, 0.15) is 0 Å². The van der Waals surface area contributed by atoms with E-state index >= 15 is 0 Å². The van der Waals surface area contributed by atoms with Gasteiger partial charge in [0.25, 0.3) is 0 Å². The van der Waals surface area contributed by atoms with Gasteiger partial charge in [-0.15, -0.1) is 0 Å². The molecule has 1 saturated carbocycles. The Balaban J connectivity index is 1.90. The van der Waals surface area contributed by atoms with Crippen LogP contribution in [0.4, 0.5) is 4.79 Å². The minimum Gasteiger partial charge on any atom is -0.337 e. The highest BCUT2D eigenvalue weighted by atomic mass is 32.2. The summed E-state index contributed by atoms with van der Waals surface area (Å²) in [4.78, 5) is 11.8. The van der Waals surface area contributed by atoms with Crippen molar-refractivity contribution in [2.75, 3.05) is 12.3 Å². The highest BCUT2D eigenvalue weighted by molar-refractivity contribution is 7.91. The standard InChI is InChI=1S/C16H24N2O3S/c1-16(2,3)12-4-8-14(9-5-12)22(20,21)11-10-17-15(19)18-13-6-7-13/h4-5,8-9,13H,6-7,10-11H2,1-3H3,(H2,17,18,19). The number of carbonyl (C=O) groups is 1. The van der Waals surface area contributed by atoms with Crippen LogP contribution in [0.3, 0.4) is 0 Å². The number of amides is 2. The zero-order chi connectivity index (χ0) is 16.4. The lowest BCUT2D eigenvalue weighted by molar-refractivity contribution is 0.241. The predicted octanol–water partition coefficient (Wildman–Crippen LogP) is 2.22. The normalized spacial score (nSPS) is 15.4. The van der Waals surface area contributed by atoms with Crippen molar-refractivity contribution >= 4 is 15.9 Å². The van der Waals surface area contributed by atoms with Crippen LogP contribution in [0.25, 0.3) is 0 Å². The van der Waals surface area contributed by atoms with E-state index in [0.29, 0.717) is 4.90 Å². The molecule has 1 fully saturated rings. The predicted molar refractivity (Wildman–Crippen MR) is 86.8 cm³/mol. The molecule has 122 valence electrons. The zero-order valence-corrected chi connectivity index (χ0v) is 14.2. The second kappa shape index (κ2) is 6.28. The van der Waals surface area contributed by atoms with Gasteiger partial charge in [-0.05, 0) is 36.0 Å². The number of benzene rings is 1. The summed E-state index contributed by atoms with van der Waals surface area (Å²) in [5.74, 6) is -0.0973. The Bertz CT molecular complexity index is 626. The summed E-state index contributed by atoms with van der Waals surface area (Å²) in [5.41, 5.74) is 1.08. The lowest BCUT2D eigenvalue weighted by Crippen LogP contribution is -2.39. The molecule has 6 heteroatoms. The monoisotopic (exact) mass is 324 g/mol. The number of urea groups is 1. The fourth-order valence-corrected chi connectivity index (χ4v) is 3.20. The van der Waals surface area contributed by atoms with E-state index in [1.54, 1.807) is 12.1 Å². The van der Waals surface area contributed by atoms with Gasteiger partial charge >= 0.3 is 6.03 Å². The molecular formula is C16H24N2O3S. The van der Waals surface area contributed by atoms with Crippen molar-refractivity contribution in [2.24, 2.45) is 0 Å². The minimum atomic E-state index is -3.37. The molecule has 1 aromatic rings. The molecule has 2 N–H and O–H groups in total. The first-order valence-electron chi connectivity index (χ1n) is 7.56. The average molecular weight is 324 g/mol. The van der Waals surface area contributed by atoms with Crippen LogP contribution >= 0.6 is 0 Å². The van der Waals surface area contributed by atoms with E-state index in [2.05, 4.69) is 31.4 Å². The maximum absolute atomic E-state index is 12.2. The largest absolute Gasteiger partial charge is 0.337 e. The van der Waals surface area contributed by atoms with Crippen LogP contribution in [-0.4, -0.2) is 32.8 Å². The fourth-order valence-electron chi connectivity index (χ4n) is 2.04. The van der Waals surface area contributed by atoms with Crippen molar-refractivity contribution in [3.63, 3.8) is 0 Å². The van der Waals surface area contributed by atoms with Gasteiger partial charge < -0.3 is 10.6 Å². The lowest BCUT2D eigenvalue weighted by atomic mass is 9.87. The molecule has 0 bridgehead atoms. The molecule has 2 amide bonds. The van der Waals surface area contributed by atoms with Gasteiger partial charge in [-0.2, -0.15) is 0 Å². The van der Waals surface area contributed by atoms with Crippen molar-refractivity contribution in [1.82, 2.24) is 10.6 Å². The third-order valence-electron chi connectivity index (χ3n) is 3.65. The van der Waals surface area contributed by atoms with Crippen LogP contribution in [0.15, 0.2) is 29.2 Å². The maximum Gasteiger partial charge on any atom is 0.315 e. The van der Waals surface area contributed by atoms with Gasteiger partial charge in [0.2, 0.25) is 0 Å². The molecule has 0 aliphatic heterocycles. The number of hydrogen-bond acceptors (Lipinski definition) is 3. The first-order valence-corrected chi connectivity index (χ1v) is 9.21. The Hall–Kier alpha value is -1.56. The Morgan fingerprint density at radius 2 is 1.77 bits per heavy atom. The summed E-state index contributed by atoms with van der Waals surface area (Å²) < 4.78 is 24.5. The third kappa shape index (κ3) is 4.73. The second-order valence-electron chi connectivity index (χ2n) is 6.77. The number of rotatable bonds is 5. The Labute approximate surface area is 132 Å². The minimum absolute atomic E-state index is 0.00918. The first-order chi connectivity index (χ1) is 10.2. The van der Waals surface area contributed by atoms with Gasteiger partial charge in [-0.3, -0.25) is 0 Å². The summed E-state index contributed by atoms with van der Waals surface area (Å²) in [5, 5.41) is 5.35. The van der Waals surface area contributed by atoms with E-state index in [1.807, 2.05) is 12.1 Å².